The van der Waals surface area contributed by atoms with E-state index in [9.17, 15) is 14.7 Å². The van der Waals surface area contributed by atoms with E-state index >= 15 is 0 Å². The quantitative estimate of drug-likeness (QED) is 0.692. The minimum absolute atomic E-state index is 0.0783. The van der Waals surface area contributed by atoms with E-state index in [-0.39, 0.29) is 19.7 Å². The third-order valence-electron chi connectivity index (χ3n) is 3.95. The van der Waals surface area contributed by atoms with Gasteiger partial charge < -0.3 is 15.3 Å². The molecule has 0 spiro atoms. The van der Waals surface area contributed by atoms with Crippen LogP contribution in [0.3, 0.4) is 0 Å². The van der Waals surface area contributed by atoms with Gasteiger partial charge in [-0.25, -0.2) is 0 Å². The van der Waals surface area contributed by atoms with Gasteiger partial charge >= 0.3 is 11.8 Å². The van der Waals surface area contributed by atoms with E-state index < -0.39 is 11.8 Å². The van der Waals surface area contributed by atoms with Gasteiger partial charge in [0.05, 0.1) is 17.8 Å². The van der Waals surface area contributed by atoms with Crippen LogP contribution in [-0.4, -0.2) is 40.0 Å². The minimum atomic E-state index is -0.757. The molecule has 0 aliphatic rings. The monoisotopic (exact) mass is 349 g/mol. The molecule has 0 bridgehead atoms. The molecule has 1 heterocycles. The number of carbonyl (C=O) groups excluding carboxylic acids is 2. The van der Waals surface area contributed by atoms with Crippen LogP contribution in [-0.2, 0) is 16.1 Å². The number of aliphatic hydroxyl groups is 1. The van der Waals surface area contributed by atoms with Crippen molar-refractivity contribution in [2.75, 3.05) is 18.5 Å². The number of anilines is 1. The lowest BCUT2D eigenvalue weighted by molar-refractivity contribution is -0.143. The molecule has 2 aromatic carbocycles. The van der Waals surface area contributed by atoms with E-state index in [1.165, 1.54) is 4.90 Å². The summed E-state index contributed by atoms with van der Waals surface area (Å²) in [5, 5.41) is 12.7. The Bertz CT molecular complexity index is 907. The van der Waals surface area contributed by atoms with E-state index in [2.05, 4.69) is 10.3 Å². The van der Waals surface area contributed by atoms with Crippen molar-refractivity contribution >= 4 is 28.4 Å². The highest BCUT2D eigenvalue weighted by atomic mass is 16.3. The second kappa shape index (κ2) is 8.22. The first kappa shape index (κ1) is 17.6. The van der Waals surface area contributed by atoms with Crippen molar-refractivity contribution in [3.8, 4) is 0 Å². The molecule has 2 amide bonds. The third-order valence-corrected chi connectivity index (χ3v) is 3.95. The van der Waals surface area contributed by atoms with Crippen LogP contribution in [0.4, 0.5) is 5.69 Å². The molecule has 3 rings (SSSR count). The number of aliphatic hydroxyl groups excluding tert-OH is 1. The van der Waals surface area contributed by atoms with E-state index in [0.29, 0.717) is 11.2 Å². The fourth-order valence-corrected chi connectivity index (χ4v) is 2.70. The maximum absolute atomic E-state index is 12.6. The number of pyridine rings is 1. The molecule has 0 fully saturated rings. The van der Waals surface area contributed by atoms with Crippen LogP contribution in [0.1, 0.15) is 5.56 Å². The average molecular weight is 349 g/mol. The van der Waals surface area contributed by atoms with Crippen molar-refractivity contribution < 1.29 is 14.7 Å². The van der Waals surface area contributed by atoms with Gasteiger partial charge in [-0.3, -0.25) is 14.6 Å². The molecular formula is C20H19N3O3. The average Bonchev–Trinajstić information content (AvgIpc) is 2.68. The summed E-state index contributed by atoms with van der Waals surface area (Å²) in [5.41, 5.74) is 1.98. The third kappa shape index (κ3) is 4.04. The van der Waals surface area contributed by atoms with Crippen molar-refractivity contribution in [3.05, 3.63) is 72.4 Å². The number of fused-ring (bicyclic) bond motifs is 1. The van der Waals surface area contributed by atoms with Crippen molar-refractivity contribution in [3.63, 3.8) is 0 Å². The van der Waals surface area contributed by atoms with Gasteiger partial charge in [-0.2, -0.15) is 0 Å². The van der Waals surface area contributed by atoms with Crippen LogP contribution in [0.5, 0.6) is 0 Å². The Hall–Kier alpha value is -3.25. The topological polar surface area (TPSA) is 82.5 Å². The molecule has 132 valence electrons. The van der Waals surface area contributed by atoms with Gasteiger partial charge in [-0.15, -0.1) is 0 Å². The predicted molar refractivity (Wildman–Crippen MR) is 99.3 cm³/mol. The van der Waals surface area contributed by atoms with Crippen LogP contribution < -0.4 is 5.32 Å². The zero-order valence-electron chi connectivity index (χ0n) is 14.1. The van der Waals surface area contributed by atoms with Crippen LogP contribution in [0.25, 0.3) is 10.9 Å². The Kier molecular flexibility index (Phi) is 5.56. The Balaban J connectivity index is 1.77. The van der Waals surface area contributed by atoms with Crippen LogP contribution in [0.15, 0.2) is 66.9 Å². The number of rotatable bonds is 5. The maximum Gasteiger partial charge on any atom is 0.313 e. The largest absolute Gasteiger partial charge is 0.395 e. The molecule has 0 atom stereocenters. The van der Waals surface area contributed by atoms with Gasteiger partial charge in [-0.1, -0.05) is 48.5 Å². The Morgan fingerprint density at radius 2 is 1.77 bits per heavy atom. The highest BCUT2D eigenvalue weighted by Crippen LogP contribution is 2.20. The van der Waals surface area contributed by atoms with Gasteiger partial charge in [0.25, 0.3) is 0 Å². The first-order valence-electron chi connectivity index (χ1n) is 8.28. The Morgan fingerprint density at radius 3 is 2.54 bits per heavy atom. The lowest BCUT2D eigenvalue weighted by atomic mass is 10.2. The van der Waals surface area contributed by atoms with Gasteiger partial charge in [0.1, 0.15) is 0 Å². The molecule has 26 heavy (non-hydrogen) atoms. The fraction of sp³-hybridized carbons (Fsp3) is 0.150. The number of nitrogens with one attached hydrogen (secondary N) is 1. The van der Waals surface area contributed by atoms with E-state index in [1.54, 1.807) is 18.3 Å². The molecule has 3 aromatic rings. The number of amides is 2. The molecule has 6 nitrogen and oxygen atoms in total. The van der Waals surface area contributed by atoms with E-state index in [1.807, 2.05) is 48.5 Å². The summed E-state index contributed by atoms with van der Waals surface area (Å²) in [5.74, 6) is -1.46. The van der Waals surface area contributed by atoms with E-state index in [4.69, 9.17) is 0 Å². The summed E-state index contributed by atoms with van der Waals surface area (Å²) in [6.07, 6.45) is 1.63. The zero-order chi connectivity index (χ0) is 18.4. The number of carbonyl (C=O) groups is 2. The predicted octanol–water partition coefficient (Wildman–Crippen LogP) is 2.19. The van der Waals surface area contributed by atoms with Crippen molar-refractivity contribution in [2.45, 2.75) is 6.54 Å². The fourth-order valence-electron chi connectivity index (χ4n) is 2.70. The number of para-hydroxylation sites is 1. The molecular weight excluding hydrogens is 330 g/mol. The van der Waals surface area contributed by atoms with Crippen molar-refractivity contribution in [2.24, 2.45) is 0 Å². The number of hydrogen-bond acceptors (Lipinski definition) is 4. The summed E-state index contributed by atoms with van der Waals surface area (Å²) in [4.78, 5) is 30.6. The number of benzene rings is 2. The molecule has 0 aliphatic heterocycles. The lowest BCUT2D eigenvalue weighted by Crippen LogP contribution is -2.40. The van der Waals surface area contributed by atoms with E-state index in [0.717, 1.165) is 10.9 Å². The second-order valence-electron chi connectivity index (χ2n) is 5.77. The first-order chi connectivity index (χ1) is 12.7. The molecule has 0 unspecified atom stereocenters. The molecule has 6 heteroatoms. The van der Waals surface area contributed by atoms with Crippen LogP contribution in [0, 0.1) is 0 Å². The van der Waals surface area contributed by atoms with Gasteiger partial charge in [-0.05, 0) is 17.7 Å². The summed E-state index contributed by atoms with van der Waals surface area (Å²) in [6.45, 7) is 0.109. The van der Waals surface area contributed by atoms with Crippen molar-refractivity contribution in [1.82, 2.24) is 9.88 Å². The first-order valence-corrected chi connectivity index (χ1v) is 8.28. The molecule has 0 radical (unpaired) electrons. The Labute approximate surface area is 151 Å². The smallest absolute Gasteiger partial charge is 0.313 e. The van der Waals surface area contributed by atoms with Gasteiger partial charge in [0.2, 0.25) is 0 Å². The molecule has 2 N–H and O–H groups in total. The summed E-state index contributed by atoms with van der Waals surface area (Å²) in [7, 11) is 0. The summed E-state index contributed by atoms with van der Waals surface area (Å²) < 4.78 is 0. The second-order valence-corrected chi connectivity index (χ2v) is 5.77. The van der Waals surface area contributed by atoms with Crippen molar-refractivity contribution in [1.29, 1.82) is 0 Å². The summed E-state index contributed by atoms with van der Waals surface area (Å²) >= 11 is 0. The zero-order valence-corrected chi connectivity index (χ0v) is 14.1. The molecule has 0 saturated heterocycles. The number of aromatic nitrogens is 1. The summed E-state index contributed by atoms with van der Waals surface area (Å²) in [6, 6.07) is 18.4. The van der Waals surface area contributed by atoms with Crippen LogP contribution >= 0.6 is 0 Å². The normalized spacial score (nSPS) is 10.5. The van der Waals surface area contributed by atoms with Crippen LogP contribution in [0.2, 0.25) is 0 Å². The standard InChI is InChI=1S/C20H19N3O3/c24-13-12-23(14-15-6-2-1-3-7-15)20(26)19(25)22-17-10-4-8-16-9-5-11-21-18(16)17/h1-11,24H,12-14H2,(H,22,25). The molecule has 1 aromatic heterocycles. The number of hydrogen-bond donors (Lipinski definition) is 2. The Morgan fingerprint density at radius 1 is 1.00 bits per heavy atom. The maximum atomic E-state index is 12.6. The minimum Gasteiger partial charge on any atom is -0.395 e. The molecule has 0 aliphatic carbocycles. The van der Waals surface area contributed by atoms with Gasteiger partial charge in [0.15, 0.2) is 0 Å². The van der Waals surface area contributed by atoms with Gasteiger partial charge in [0, 0.05) is 24.7 Å². The highest BCUT2D eigenvalue weighted by molar-refractivity contribution is 6.40. The number of nitrogens with zero attached hydrogens (tertiary/aromatic N) is 2. The lowest BCUT2D eigenvalue weighted by Gasteiger charge is -2.21. The SMILES string of the molecule is O=C(Nc1cccc2cccnc12)C(=O)N(CCO)Cc1ccccc1. The highest BCUT2D eigenvalue weighted by Gasteiger charge is 2.22. The molecule has 0 saturated carbocycles.